The molecule has 0 radical (unpaired) electrons. The molecule has 6 nitrogen and oxygen atoms in total. The monoisotopic (exact) mass is 514 g/mol. The number of benzene rings is 3. The predicted molar refractivity (Wildman–Crippen MR) is 142 cm³/mol. The molecule has 0 aliphatic carbocycles. The van der Waals surface area contributed by atoms with Gasteiger partial charge in [-0.15, -0.1) is 0 Å². The van der Waals surface area contributed by atoms with Crippen LogP contribution in [0.4, 0.5) is 5.69 Å². The normalized spacial score (nSPS) is 12.3. The number of nitrogens with one attached hydrogen (secondary N) is 1. The third-order valence-electron chi connectivity index (χ3n) is 5.62. The fraction of sp³-hybridized carbons (Fsp3) is 0.296. The number of hydrogen-bond acceptors (Lipinski definition) is 4. The van der Waals surface area contributed by atoms with Gasteiger partial charge in [0.15, 0.2) is 0 Å². The molecule has 1 amide bonds. The van der Waals surface area contributed by atoms with Crippen molar-refractivity contribution >= 4 is 33.2 Å². The maximum absolute atomic E-state index is 13.1. The molecule has 0 bridgehead atoms. The maximum atomic E-state index is 13.1. The topological polar surface area (TPSA) is 75.7 Å². The van der Waals surface area contributed by atoms with E-state index in [0.717, 1.165) is 24.0 Å². The van der Waals surface area contributed by atoms with Crippen molar-refractivity contribution in [3.05, 3.63) is 94.5 Å². The highest BCUT2D eigenvalue weighted by molar-refractivity contribution is 7.92. The summed E-state index contributed by atoms with van der Waals surface area (Å²) in [4.78, 5) is 13.1. The smallest absolute Gasteiger partial charge is 0.251 e. The number of sulfonamides is 1. The van der Waals surface area contributed by atoms with Gasteiger partial charge in [0.1, 0.15) is 5.75 Å². The van der Waals surface area contributed by atoms with Crippen molar-refractivity contribution in [3.63, 3.8) is 0 Å². The molecule has 35 heavy (non-hydrogen) atoms. The van der Waals surface area contributed by atoms with E-state index in [4.69, 9.17) is 16.3 Å². The molecule has 0 saturated heterocycles. The zero-order valence-electron chi connectivity index (χ0n) is 20.4. The Kier molecular flexibility index (Phi) is 8.81. The standard InChI is InChI=1S/C27H31ClN2O4S/c1-19(2)17-26(20-11-15-24(34-3)16-12-20)29-27(31)21-9-13-23(14-10-21)30(35(4,32)33)18-22-7-5-6-8-25(22)28/h5-16,19,26H,17-18H2,1-4H3,(H,29,31)/t26-/m0/s1. The molecule has 0 unspecified atom stereocenters. The molecule has 0 aromatic heterocycles. The quantitative estimate of drug-likeness (QED) is 0.369. The van der Waals surface area contributed by atoms with E-state index >= 15 is 0 Å². The molecule has 3 aromatic rings. The lowest BCUT2D eigenvalue weighted by atomic mass is 9.96. The van der Waals surface area contributed by atoms with Crippen LogP contribution in [0.5, 0.6) is 5.75 Å². The molecule has 0 spiro atoms. The van der Waals surface area contributed by atoms with Crippen LogP contribution in [0.3, 0.4) is 0 Å². The van der Waals surface area contributed by atoms with Crippen molar-refractivity contribution in [3.8, 4) is 5.75 Å². The zero-order chi connectivity index (χ0) is 25.6. The molecule has 0 fully saturated rings. The lowest BCUT2D eigenvalue weighted by molar-refractivity contribution is 0.0932. The van der Waals surface area contributed by atoms with E-state index < -0.39 is 10.0 Å². The molecule has 0 heterocycles. The number of hydrogen-bond donors (Lipinski definition) is 1. The number of amides is 1. The number of anilines is 1. The SMILES string of the molecule is COc1ccc([C@H](CC(C)C)NC(=O)c2ccc(N(Cc3ccccc3Cl)S(C)(=O)=O)cc2)cc1. The van der Waals surface area contributed by atoms with Gasteiger partial charge < -0.3 is 10.1 Å². The van der Waals surface area contributed by atoms with E-state index in [1.807, 2.05) is 30.3 Å². The molecule has 8 heteroatoms. The number of carbonyl (C=O) groups excluding carboxylic acids is 1. The highest BCUT2D eigenvalue weighted by Gasteiger charge is 2.21. The van der Waals surface area contributed by atoms with E-state index in [2.05, 4.69) is 19.2 Å². The molecule has 0 aliphatic heterocycles. The zero-order valence-corrected chi connectivity index (χ0v) is 21.9. The Hall–Kier alpha value is -3.03. The number of methoxy groups -OCH3 is 1. The first kappa shape index (κ1) is 26.6. The average Bonchev–Trinajstić information content (AvgIpc) is 2.82. The van der Waals surface area contributed by atoms with Crippen LogP contribution in [0.25, 0.3) is 0 Å². The number of carbonyl (C=O) groups is 1. The predicted octanol–water partition coefficient (Wildman–Crippen LogP) is 5.83. The second-order valence-electron chi connectivity index (χ2n) is 8.84. The Morgan fingerprint density at radius 1 is 1.00 bits per heavy atom. The van der Waals surface area contributed by atoms with Crippen molar-refractivity contribution in [1.29, 1.82) is 0 Å². The van der Waals surface area contributed by atoms with Crippen molar-refractivity contribution in [2.45, 2.75) is 32.9 Å². The van der Waals surface area contributed by atoms with Crippen molar-refractivity contribution in [1.82, 2.24) is 5.32 Å². The first-order chi connectivity index (χ1) is 16.6. The minimum absolute atomic E-state index is 0.0952. The fourth-order valence-electron chi connectivity index (χ4n) is 3.79. The first-order valence-electron chi connectivity index (χ1n) is 11.3. The highest BCUT2D eigenvalue weighted by atomic mass is 35.5. The van der Waals surface area contributed by atoms with Gasteiger partial charge in [0.2, 0.25) is 10.0 Å². The lowest BCUT2D eigenvalue weighted by Gasteiger charge is -2.24. The Morgan fingerprint density at radius 3 is 2.17 bits per heavy atom. The van der Waals surface area contributed by atoms with Gasteiger partial charge in [-0.05, 0) is 65.9 Å². The summed E-state index contributed by atoms with van der Waals surface area (Å²) in [7, 11) is -1.96. The van der Waals surface area contributed by atoms with Gasteiger partial charge in [-0.25, -0.2) is 8.42 Å². The van der Waals surface area contributed by atoms with E-state index in [9.17, 15) is 13.2 Å². The van der Waals surface area contributed by atoms with Crippen LogP contribution in [-0.4, -0.2) is 27.7 Å². The molecule has 1 N–H and O–H groups in total. The number of halogens is 1. The average molecular weight is 515 g/mol. The van der Waals surface area contributed by atoms with Crippen molar-refractivity contribution in [2.24, 2.45) is 5.92 Å². The van der Waals surface area contributed by atoms with Gasteiger partial charge in [-0.1, -0.05) is 55.8 Å². The third-order valence-corrected chi connectivity index (χ3v) is 7.13. The second-order valence-corrected chi connectivity index (χ2v) is 11.2. The van der Waals surface area contributed by atoms with Crippen LogP contribution in [0.2, 0.25) is 5.02 Å². The van der Waals surface area contributed by atoms with E-state index in [1.165, 1.54) is 4.31 Å². The van der Waals surface area contributed by atoms with Crippen LogP contribution >= 0.6 is 11.6 Å². The van der Waals surface area contributed by atoms with Crippen LogP contribution in [0.15, 0.2) is 72.8 Å². The van der Waals surface area contributed by atoms with Crippen molar-refractivity contribution in [2.75, 3.05) is 17.7 Å². The summed E-state index contributed by atoms with van der Waals surface area (Å²) < 4.78 is 31.5. The van der Waals surface area contributed by atoms with Crippen molar-refractivity contribution < 1.29 is 17.9 Å². The van der Waals surface area contributed by atoms with Crippen LogP contribution in [0, 0.1) is 5.92 Å². The van der Waals surface area contributed by atoms with Gasteiger partial charge in [0, 0.05) is 10.6 Å². The molecule has 0 saturated carbocycles. The molecule has 3 aromatic carbocycles. The molecule has 186 valence electrons. The van der Waals surface area contributed by atoms with Gasteiger partial charge in [0.05, 0.1) is 31.6 Å². The Labute approximate surface area is 212 Å². The largest absolute Gasteiger partial charge is 0.497 e. The first-order valence-corrected chi connectivity index (χ1v) is 13.6. The Balaban J connectivity index is 1.80. The number of ether oxygens (including phenoxy) is 1. The maximum Gasteiger partial charge on any atom is 0.251 e. The number of rotatable bonds is 10. The lowest BCUT2D eigenvalue weighted by Crippen LogP contribution is -2.30. The number of nitrogens with zero attached hydrogens (tertiary/aromatic N) is 1. The van der Waals surface area contributed by atoms with E-state index in [0.29, 0.717) is 27.8 Å². The summed E-state index contributed by atoms with van der Waals surface area (Å²) in [5, 5.41) is 3.61. The molecule has 1 atom stereocenters. The minimum Gasteiger partial charge on any atom is -0.497 e. The van der Waals surface area contributed by atoms with Crippen LogP contribution in [-0.2, 0) is 16.6 Å². The van der Waals surface area contributed by atoms with Crippen LogP contribution < -0.4 is 14.4 Å². The van der Waals surface area contributed by atoms with E-state index in [1.54, 1.807) is 49.6 Å². The van der Waals surface area contributed by atoms with Gasteiger partial charge in [-0.3, -0.25) is 9.10 Å². The van der Waals surface area contributed by atoms with Gasteiger partial charge in [0.25, 0.3) is 5.91 Å². The third kappa shape index (κ3) is 7.23. The second kappa shape index (κ2) is 11.6. The summed E-state index contributed by atoms with van der Waals surface area (Å²) in [6, 6.07) is 21.2. The minimum atomic E-state index is -3.58. The Bertz CT molecular complexity index is 1240. The molecule has 0 aliphatic rings. The van der Waals surface area contributed by atoms with Gasteiger partial charge in [-0.2, -0.15) is 0 Å². The van der Waals surface area contributed by atoms with E-state index in [-0.39, 0.29) is 18.5 Å². The summed E-state index contributed by atoms with van der Waals surface area (Å²) in [6.07, 6.45) is 1.92. The van der Waals surface area contributed by atoms with Gasteiger partial charge >= 0.3 is 0 Å². The molecular formula is C27H31ClN2O4S. The fourth-order valence-corrected chi connectivity index (χ4v) is 4.86. The summed E-state index contributed by atoms with van der Waals surface area (Å²) >= 11 is 6.24. The summed E-state index contributed by atoms with van der Waals surface area (Å²) in [5.41, 5.74) is 2.59. The molecule has 3 rings (SSSR count). The van der Waals surface area contributed by atoms with Crippen LogP contribution in [0.1, 0.15) is 47.8 Å². The summed E-state index contributed by atoms with van der Waals surface area (Å²) in [5.74, 6) is 0.902. The molecular weight excluding hydrogens is 484 g/mol. The Morgan fingerprint density at radius 2 is 1.63 bits per heavy atom. The summed E-state index contributed by atoms with van der Waals surface area (Å²) in [6.45, 7) is 4.31. The highest BCUT2D eigenvalue weighted by Crippen LogP contribution is 2.26.